The summed E-state index contributed by atoms with van der Waals surface area (Å²) in [6.45, 7) is 6.35. The molecule has 0 bridgehead atoms. The SMILES string of the molecule is C.C.C.Cc1cccc2cc(CO)c(-c3ccccc3-c3ccccc3)nc12.Cc1cccc2cc(COc3ncnc4nc[nH]c34)c(-c3ccccc3-c3ccccc3)nc12.Cc1ncnc2nc[nH]c12. The summed E-state index contributed by atoms with van der Waals surface area (Å²) in [7, 11) is 0. The summed E-state index contributed by atoms with van der Waals surface area (Å²) >= 11 is 0. The molecule has 12 rings (SSSR count). The van der Waals surface area contributed by atoms with Crippen molar-refractivity contribution in [2.24, 2.45) is 0 Å². The molecule has 0 saturated carbocycles. The molecule has 6 aromatic carbocycles. The molecule has 0 fully saturated rings. The van der Waals surface area contributed by atoms with Crippen LogP contribution < -0.4 is 4.74 Å². The number of nitrogens with zero attached hydrogens (tertiary/aromatic N) is 8. The van der Waals surface area contributed by atoms with E-state index in [0.29, 0.717) is 23.7 Å². The lowest BCUT2D eigenvalue weighted by molar-refractivity contribution is 0.282. The lowest BCUT2D eigenvalue weighted by Crippen LogP contribution is -2.03. The maximum absolute atomic E-state index is 9.93. The Hall–Kier alpha value is -9.00. The highest BCUT2D eigenvalue weighted by Gasteiger charge is 2.18. The summed E-state index contributed by atoms with van der Waals surface area (Å²) in [5, 5.41) is 12.1. The third-order valence-electron chi connectivity index (χ3n) is 11.9. The highest BCUT2D eigenvalue weighted by Crippen LogP contribution is 2.37. The summed E-state index contributed by atoms with van der Waals surface area (Å²) in [6, 6.07) is 53.9. The second kappa shape index (κ2) is 23.1. The molecule has 72 heavy (non-hydrogen) atoms. The normalized spacial score (nSPS) is 10.6. The van der Waals surface area contributed by atoms with E-state index in [4.69, 9.17) is 14.7 Å². The first-order valence-electron chi connectivity index (χ1n) is 22.5. The van der Waals surface area contributed by atoms with Gasteiger partial charge in [-0.15, -0.1) is 0 Å². The van der Waals surface area contributed by atoms with Gasteiger partial charge in [0.1, 0.15) is 30.3 Å². The number of aromatic nitrogens is 10. The minimum Gasteiger partial charge on any atom is -0.471 e. The van der Waals surface area contributed by atoms with E-state index < -0.39 is 0 Å². The third kappa shape index (κ3) is 10.6. The second-order valence-corrected chi connectivity index (χ2v) is 16.4. The maximum atomic E-state index is 9.93. The Kier molecular flexibility index (Phi) is 16.3. The summed E-state index contributed by atoms with van der Waals surface area (Å²) < 4.78 is 6.19. The summed E-state index contributed by atoms with van der Waals surface area (Å²) in [5.41, 5.74) is 18.3. The van der Waals surface area contributed by atoms with Gasteiger partial charge in [-0.3, -0.25) is 0 Å². The summed E-state index contributed by atoms with van der Waals surface area (Å²) in [6.07, 6.45) is 6.19. The van der Waals surface area contributed by atoms with Crippen molar-refractivity contribution in [3.63, 3.8) is 0 Å². The molecule has 0 amide bonds. The van der Waals surface area contributed by atoms with E-state index in [2.05, 4.69) is 157 Å². The van der Waals surface area contributed by atoms with Crippen molar-refractivity contribution in [1.29, 1.82) is 0 Å². The van der Waals surface area contributed by atoms with Crippen LogP contribution in [0.4, 0.5) is 0 Å². The number of nitrogens with one attached hydrogen (secondary N) is 2. The smallest absolute Gasteiger partial charge is 0.243 e. The van der Waals surface area contributed by atoms with Gasteiger partial charge in [-0.05, 0) is 66.3 Å². The number of para-hydroxylation sites is 2. The van der Waals surface area contributed by atoms with Gasteiger partial charge in [-0.25, -0.2) is 34.9 Å². The maximum Gasteiger partial charge on any atom is 0.243 e. The first-order chi connectivity index (χ1) is 33.9. The minimum absolute atomic E-state index is 0. The van der Waals surface area contributed by atoms with Gasteiger partial charge >= 0.3 is 0 Å². The van der Waals surface area contributed by atoms with Crippen LogP contribution in [0.2, 0.25) is 0 Å². The highest BCUT2D eigenvalue weighted by molar-refractivity contribution is 5.91. The van der Waals surface area contributed by atoms with Gasteiger partial charge in [0.15, 0.2) is 11.3 Å². The molecule has 12 nitrogen and oxygen atoms in total. The zero-order valence-electron chi connectivity index (χ0n) is 38.2. The number of aromatic amines is 2. The van der Waals surface area contributed by atoms with E-state index in [1.165, 1.54) is 12.7 Å². The number of imidazole rings is 2. The number of aryl methyl sites for hydroxylation is 3. The molecule has 6 heterocycles. The lowest BCUT2D eigenvalue weighted by atomic mass is 9.94. The molecule has 0 saturated heterocycles. The van der Waals surface area contributed by atoms with Crippen molar-refractivity contribution in [1.82, 2.24) is 49.8 Å². The van der Waals surface area contributed by atoms with Crippen LogP contribution in [0.5, 0.6) is 5.88 Å². The molecule has 0 aliphatic rings. The molecule has 0 unspecified atom stereocenters. The van der Waals surface area contributed by atoms with Crippen LogP contribution in [0.1, 0.15) is 50.2 Å². The Morgan fingerprint density at radius 2 is 0.917 bits per heavy atom. The van der Waals surface area contributed by atoms with Crippen molar-refractivity contribution >= 4 is 44.1 Å². The highest BCUT2D eigenvalue weighted by atomic mass is 16.5. The Morgan fingerprint density at radius 1 is 0.458 bits per heavy atom. The molecule has 12 aromatic rings. The average molecular weight is 951 g/mol. The lowest BCUT2D eigenvalue weighted by Gasteiger charge is -2.16. The van der Waals surface area contributed by atoms with Gasteiger partial charge in [0, 0.05) is 33.0 Å². The van der Waals surface area contributed by atoms with E-state index in [1.807, 2.05) is 61.5 Å². The van der Waals surface area contributed by atoms with Gasteiger partial charge in [0.2, 0.25) is 5.88 Å². The predicted molar refractivity (Wildman–Crippen MR) is 293 cm³/mol. The Balaban J connectivity index is 0.000000175. The van der Waals surface area contributed by atoms with Crippen LogP contribution in [-0.2, 0) is 13.2 Å². The number of ether oxygens (including phenoxy) is 1. The number of rotatable bonds is 8. The van der Waals surface area contributed by atoms with Crippen LogP contribution in [-0.4, -0.2) is 54.9 Å². The number of pyridine rings is 2. The van der Waals surface area contributed by atoms with Crippen molar-refractivity contribution < 1.29 is 9.84 Å². The molecule has 6 aromatic heterocycles. The van der Waals surface area contributed by atoms with Crippen molar-refractivity contribution in [2.75, 3.05) is 0 Å². The van der Waals surface area contributed by atoms with E-state index >= 15 is 0 Å². The first-order valence-corrected chi connectivity index (χ1v) is 22.5. The Bertz CT molecular complexity index is 3720. The zero-order chi connectivity index (χ0) is 47.1. The third-order valence-corrected chi connectivity index (χ3v) is 11.9. The zero-order valence-corrected chi connectivity index (χ0v) is 38.2. The van der Waals surface area contributed by atoms with Crippen molar-refractivity contribution in [3.05, 3.63) is 211 Å². The predicted octanol–water partition coefficient (Wildman–Crippen LogP) is 14.1. The fraction of sp³-hybridized carbons (Fsp3) is 0.133. The van der Waals surface area contributed by atoms with Gasteiger partial charge in [0.05, 0.1) is 47.4 Å². The minimum atomic E-state index is -0.0324. The van der Waals surface area contributed by atoms with E-state index in [0.717, 1.165) is 106 Å². The molecule has 0 radical (unpaired) electrons. The first kappa shape index (κ1) is 50.9. The van der Waals surface area contributed by atoms with Gasteiger partial charge in [-0.1, -0.05) is 168 Å². The van der Waals surface area contributed by atoms with Crippen LogP contribution in [0.15, 0.2) is 183 Å². The number of hydrogen-bond donors (Lipinski definition) is 3. The Morgan fingerprint density at radius 3 is 1.44 bits per heavy atom. The molecule has 12 heteroatoms. The summed E-state index contributed by atoms with van der Waals surface area (Å²) in [4.78, 5) is 40.7. The molecule has 0 spiro atoms. The fourth-order valence-electron chi connectivity index (χ4n) is 8.48. The van der Waals surface area contributed by atoms with E-state index in [-0.39, 0.29) is 28.9 Å². The molecule has 0 aliphatic heterocycles. The van der Waals surface area contributed by atoms with E-state index in [9.17, 15) is 5.11 Å². The number of hydrogen-bond acceptors (Lipinski definition) is 10. The number of aliphatic hydroxyl groups excluding tert-OH is 1. The van der Waals surface area contributed by atoms with Crippen molar-refractivity contribution in [2.45, 2.75) is 56.3 Å². The molecule has 0 atom stereocenters. The Labute approximate surface area is 420 Å². The molecular weight excluding hydrogens is 893 g/mol. The molecule has 3 N–H and O–H groups in total. The van der Waals surface area contributed by atoms with Crippen molar-refractivity contribution in [3.8, 4) is 50.6 Å². The van der Waals surface area contributed by atoms with Crippen LogP contribution in [0, 0.1) is 20.8 Å². The number of H-pyrrole nitrogens is 2. The number of benzene rings is 6. The topological polar surface area (TPSA) is 164 Å². The molecule has 360 valence electrons. The quantitative estimate of drug-likeness (QED) is 0.134. The van der Waals surface area contributed by atoms with Crippen LogP contribution in [0.3, 0.4) is 0 Å². The molecular formula is C60H58N10O2. The van der Waals surface area contributed by atoms with E-state index in [1.54, 1.807) is 12.7 Å². The number of fused-ring (bicyclic) bond motifs is 4. The summed E-state index contributed by atoms with van der Waals surface area (Å²) in [5.74, 6) is 0.467. The van der Waals surface area contributed by atoms with Gasteiger partial charge in [-0.2, -0.15) is 4.98 Å². The fourth-order valence-corrected chi connectivity index (χ4v) is 8.48. The number of aliphatic hydroxyl groups is 1. The van der Waals surface area contributed by atoms with Gasteiger partial charge < -0.3 is 19.8 Å². The largest absolute Gasteiger partial charge is 0.471 e. The second-order valence-electron chi connectivity index (χ2n) is 16.4. The standard InChI is InChI=1S/C28H21N5O.C23H19NO.C6H6N4.3CH4/c1-18-8-7-11-20-14-21(15-34-28-26-27(30-16-29-26)31-17-32-28)25(33-24(18)20)23-13-6-5-12-22(23)19-9-3-2-4-10-19;1-16-8-7-11-18-14-19(15-25)23(24-22(16)18)21-13-6-5-12-20(21)17-9-3-2-4-10-17;1-4-5-6(9-2-7-4)10-3-8-5;;;/h2-14,16-17H,15H2,1H3,(H,29,30,31,32);2-14,25H,15H2,1H3;2-3H,1H3,(H,7,8,9,10);3*1H4. The average Bonchev–Trinajstić information content (AvgIpc) is 4.11. The van der Waals surface area contributed by atoms with Crippen LogP contribution >= 0.6 is 0 Å². The van der Waals surface area contributed by atoms with Crippen LogP contribution in [0.25, 0.3) is 88.9 Å². The van der Waals surface area contributed by atoms with Gasteiger partial charge in [0.25, 0.3) is 0 Å². The molecule has 0 aliphatic carbocycles. The monoisotopic (exact) mass is 950 g/mol.